The van der Waals surface area contributed by atoms with E-state index in [0.29, 0.717) is 23.4 Å². The van der Waals surface area contributed by atoms with E-state index in [0.717, 1.165) is 74.0 Å². The third-order valence-corrected chi connectivity index (χ3v) is 12.8. The number of hydrogen-bond donors (Lipinski definition) is 0. The van der Waals surface area contributed by atoms with E-state index >= 15 is 0 Å². The highest BCUT2D eigenvalue weighted by Gasteiger charge is 2.35. The molecule has 0 N–H and O–H groups in total. The van der Waals surface area contributed by atoms with Crippen molar-refractivity contribution in [2.45, 2.75) is 25.7 Å². The average molecular weight is 800 g/mol. The second kappa shape index (κ2) is 14.8. The molecule has 62 heavy (non-hydrogen) atoms. The van der Waals surface area contributed by atoms with E-state index in [9.17, 15) is 0 Å². The van der Waals surface area contributed by atoms with Crippen LogP contribution >= 0.6 is 0 Å². The van der Waals surface area contributed by atoms with Crippen LogP contribution < -0.4 is 0 Å². The Morgan fingerprint density at radius 3 is 2.26 bits per heavy atom. The van der Waals surface area contributed by atoms with Crippen LogP contribution in [0.1, 0.15) is 36.2 Å². The zero-order valence-electron chi connectivity index (χ0n) is 34.2. The summed E-state index contributed by atoms with van der Waals surface area (Å²) in [4.78, 5) is 20.4. The molecule has 3 atom stereocenters. The predicted octanol–water partition coefficient (Wildman–Crippen LogP) is 13.8. The number of rotatable bonds is 7. The lowest BCUT2D eigenvalue weighted by atomic mass is 9.66. The molecule has 2 aliphatic rings. The average Bonchev–Trinajstić information content (AvgIpc) is 3.91. The second-order valence-electron chi connectivity index (χ2n) is 16.4. The Morgan fingerprint density at radius 1 is 0.597 bits per heavy atom. The molecule has 10 aromatic rings. The number of nitrogens with zero attached hydrogens (tertiary/aromatic N) is 5. The van der Waals surface area contributed by atoms with Crippen molar-refractivity contribution >= 4 is 49.3 Å². The highest BCUT2D eigenvalue weighted by Crippen LogP contribution is 2.48. The van der Waals surface area contributed by atoms with Crippen LogP contribution in [0.15, 0.2) is 193 Å². The molecule has 0 spiro atoms. The molecule has 0 bridgehead atoms. The van der Waals surface area contributed by atoms with Crippen molar-refractivity contribution in [3.05, 3.63) is 205 Å². The van der Waals surface area contributed by atoms with Gasteiger partial charge in [0.2, 0.25) is 0 Å². The normalized spacial score (nSPS) is 17.2. The fourth-order valence-corrected chi connectivity index (χ4v) is 9.88. The SMILES string of the molecule is CCc1nc2ccccc2n1-c1ccc2cc(C3=CC=CC4C3CC=CC4c3ccccc3-c3nc(-c4ccccc4)nc(-c4ccc5c(c4)oc4ccccc45)n3)ccc2c1. The smallest absolute Gasteiger partial charge is 0.164 e. The lowest BCUT2D eigenvalue weighted by molar-refractivity contribution is 0.429. The highest BCUT2D eigenvalue weighted by molar-refractivity contribution is 6.05. The number of aromatic nitrogens is 5. The molecule has 3 heterocycles. The van der Waals surface area contributed by atoms with Gasteiger partial charge in [0, 0.05) is 45.5 Å². The molecular weight excluding hydrogens is 759 g/mol. The third-order valence-electron chi connectivity index (χ3n) is 12.8. The third kappa shape index (κ3) is 6.09. The summed E-state index contributed by atoms with van der Waals surface area (Å²) in [6.45, 7) is 2.17. The summed E-state index contributed by atoms with van der Waals surface area (Å²) in [7, 11) is 0. The molecule has 3 unspecified atom stereocenters. The van der Waals surface area contributed by atoms with Gasteiger partial charge < -0.3 is 4.42 Å². The van der Waals surface area contributed by atoms with Gasteiger partial charge in [-0.2, -0.15) is 0 Å². The van der Waals surface area contributed by atoms with Gasteiger partial charge >= 0.3 is 0 Å². The summed E-state index contributed by atoms with van der Waals surface area (Å²) in [5, 5.41) is 4.61. The van der Waals surface area contributed by atoms with E-state index in [1.165, 1.54) is 27.5 Å². The maximum atomic E-state index is 6.30. The Labute approximate surface area is 359 Å². The van der Waals surface area contributed by atoms with Crippen LogP contribution in [-0.4, -0.2) is 24.5 Å². The summed E-state index contributed by atoms with van der Waals surface area (Å²) in [6.07, 6.45) is 13.6. The van der Waals surface area contributed by atoms with Crippen LogP contribution in [0.4, 0.5) is 0 Å². The van der Waals surface area contributed by atoms with Crippen molar-refractivity contribution < 1.29 is 4.42 Å². The van der Waals surface area contributed by atoms with Crippen molar-refractivity contribution in [3.63, 3.8) is 0 Å². The summed E-state index contributed by atoms with van der Waals surface area (Å²) in [6, 6.07) is 55.4. The first-order valence-electron chi connectivity index (χ1n) is 21.6. The molecule has 0 amide bonds. The number of allylic oxidation sites excluding steroid dienone is 6. The van der Waals surface area contributed by atoms with E-state index in [-0.39, 0.29) is 11.8 Å². The van der Waals surface area contributed by atoms with E-state index in [1.54, 1.807) is 0 Å². The molecule has 2 aliphatic carbocycles. The Morgan fingerprint density at radius 2 is 1.34 bits per heavy atom. The number of aryl methyl sites for hydroxylation is 1. The van der Waals surface area contributed by atoms with Crippen LogP contribution in [0.25, 0.3) is 89.2 Å². The fraction of sp³-hybridized carbons (Fsp3) is 0.107. The standard InChI is InChI=1S/C56H41N5O/c1-2-53-57-49-23-9-10-24-50(49)61(53)40-30-28-36-32-38(27-26-37(36)33-40)41-19-12-21-43-42(41)20-13-22-44(43)45-16-6-7-18-48(45)56-59-54(35-14-4-3-5-15-35)58-55(60-56)39-29-31-47-46-17-8-11-25-51(46)62-52(47)34-39/h3-19,21-34,42-44H,2,20H2,1H3. The monoisotopic (exact) mass is 799 g/mol. The number of imidazole rings is 1. The lowest BCUT2D eigenvalue weighted by Gasteiger charge is -2.37. The summed E-state index contributed by atoms with van der Waals surface area (Å²) in [5.41, 5.74) is 11.7. The van der Waals surface area contributed by atoms with Crippen molar-refractivity contribution in [1.29, 1.82) is 0 Å². The van der Waals surface area contributed by atoms with Gasteiger partial charge in [-0.3, -0.25) is 4.57 Å². The molecule has 6 heteroatoms. The van der Waals surface area contributed by atoms with Gasteiger partial charge in [0.05, 0.1) is 11.0 Å². The van der Waals surface area contributed by atoms with Crippen LogP contribution in [0.5, 0.6) is 0 Å². The van der Waals surface area contributed by atoms with Crippen molar-refractivity contribution in [2.24, 2.45) is 11.8 Å². The summed E-state index contributed by atoms with van der Waals surface area (Å²) >= 11 is 0. The van der Waals surface area contributed by atoms with Gasteiger partial charge in [-0.1, -0.05) is 146 Å². The molecule has 0 aliphatic heterocycles. The number of fused-ring (bicyclic) bond motifs is 6. The van der Waals surface area contributed by atoms with Crippen molar-refractivity contribution in [1.82, 2.24) is 24.5 Å². The topological polar surface area (TPSA) is 69.6 Å². The number of furan rings is 1. The molecule has 0 fully saturated rings. The first-order chi connectivity index (χ1) is 30.7. The van der Waals surface area contributed by atoms with Crippen LogP contribution in [0.3, 0.4) is 0 Å². The molecule has 0 saturated carbocycles. The minimum atomic E-state index is 0.123. The van der Waals surface area contributed by atoms with E-state index in [4.69, 9.17) is 24.4 Å². The zero-order valence-corrected chi connectivity index (χ0v) is 34.2. The van der Waals surface area contributed by atoms with Gasteiger partial charge in [0.15, 0.2) is 17.5 Å². The largest absolute Gasteiger partial charge is 0.456 e. The van der Waals surface area contributed by atoms with Gasteiger partial charge in [0.25, 0.3) is 0 Å². The lowest BCUT2D eigenvalue weighted by Crippen LogP contribution is -2.25. The quantitative estimate of drug-likeness (QED) is 0.150. The molecular formula is C56H41N5O. The first-order valence-corrected chi connectivity index (χ1v) is 21.6. The molecule has 6 nitrogen and oxygen atoms in total. The molecule has 296 valence electrons. The fourth-order valence-electron chi connectivity index (χ4n) is 9.88. The first kappa shape index (κ1) is 36.2. The van der Waals surface area contributed by atoms with Gasteiger partial charge in [-0.25, -0.2) is 19.9 Å². The highest BCUT2D eigenvalue weighted by atomic mass is 16.3. The maximum absolute atomic E-state index is 6.30. The number of para-hydroxylation sites is 3. The molecule has 7 aromatic carbocycles. The number of benzene rings is 7. The van der Waals surface area contributed by atoms with Crippen LogP contribution in [-0.2, 0) is 6.42 Å². The maximum Gasteiger partial charge on any atom is 0.164 e. The van der Waals surface area contributed by atoms with Gasteiger partial charge in [-0.15, -0.1) is 0 Å². The van der Waals surface area contributed by atoms with Crippen LogP contribution in [0, 0.1) is 11.8 Å². The number of hydrogen-bond acceptors (Lipinski definition) is 5. The minimum Gasteiger partial charge on any atom is -0.456 e. The molecule has 12 rings (SSSR count). The van der Waals surface area contributed by atoms with E-state index in [2.05, 4.69) is 163 Å². The Bertz CT molecular complexity index is 3460. The Kier molecular flexibility index (Phi) is 8.63. The van der Waals surface area contributed by atoms with Gasteiger partial charge in [0.1, 0.15) is 17.0 Å². The van der Waals surface area contributed by atoms with E-state index < -0.39 is 0 Å². The molecule has 3 aromatic heterocycles. The van der Waals surface area contributed by atoms with Crippen molar-refractivity contribution in [2.75, 3.05) is 0 Å². The predicted molar refractivity (Wildman–Crippen MR) is 252 cm³/mol. The summed E-state index contributed by atoms with van der Waals surface area (Å²) in [5.74, 6) is 3.67. The van der Waals surface area contributed by atoms with Crippen molar-refractivity contribution in [3.8, 4) is 39.9 Å². The Balaban J connectivity index is 0.899. The van der Waals surface area contributed by atoms with E-state index in [1.807, 2.05) is 36.4 Å². The van der Waals surface area contributed by atoms with Crippen LogP contribution in [0.2, 0.25) is 0 Å². The minimum absolute atomic E-state index is 0.123. The summed E-state index contributed by atoms with van der Waals surface area (Å²) < 4.78 is 8.60. The second-order valence-corrected chi connectivity index (χ2v) is 16.4. The zero-order chi connectivity index (χ0) is 41.1. The molecule has 0 radical (unpaired) electrons. The Hall–Kier alpha value is -7.70. The van der Waals surface area contributed by atoms with Gasteiger partial charge in [-0.05, 0) is 94.3 Å². The molecule has 0 saturated heterocycles.